The van der Waals surface area contributed by atoms with E-state index in [0.717, 1.165) is 18.8 Å². The fourth-order valence-electron chi connectivity index (χ4n) is 2.54. The molecule has 2 atom stereocenters. The van der Waals surface area contributed by atoms with Gasteiger partial charge in [0.25, 0.3) is 0 Å². The lowest BCUT2D eigenvalue weighted by Crippen LogP contribution is -2.32. The van der Waals surface area contributed by atoms with Crippen molar-refractivity contribution in [3.8, 4) is 0 Å². The summed E-state index contributed by atoms with van der Waals surface area (Å²) in [6.07, 6.45) is 9.64. The highest BCUT2D eigenvalue weighted by Crippen LogP contribution is 2.32. The third-order valence-corrected chi connectivity index (χ3v) is 5.76. The van der Waals surface area contributed by atoms with E-state index >= 15 is 0 Å². The maximum Gasteiger partial charge on any atom is 0.0174 e. The monoisotopic (exact) mass is 336 g/mol. The Morgan fingerprint density at radius 1 is 1.17 bits per heavy atom. The van der Waals surface area contributed by atoms with Crippen molar-refractivity contribution in [1.29, 1.82) is 0 Å². The van der Waals surface area contributed by atoms with Crippen LogP contribution in [0.15, 0.2) is 24.4 Å². The summed E-state index contributed by atoms with van der Waals surface area (Å²) in [4.78, 5) is 2.41. The minimum atomic E-state index is 0.367. The number of hydrogen-bond acceptors (Lipinski definition) is 2. The normalized spacial score (nSPS) is 15.2. The van der Waals surface area contributed by atoms with Gasteiger partial charge in [-0.15, -0.1) is 0 Å². The highest BCUT2D eigenvalue weighted by molar-refractivity contribution is 4.95. The minimum absolute atomic E-state index is 0.367. The van der Waals surface area contributed by atoms with Gasteiger partial charge in [-0.05, 0) is 56.9 Å². The lowest BCUT2D eigenvalue weighted by molar-refractivity contribution is 0.204. The zero-order valence-electron chi connectivity index (χ0n) is 17.8. The Morgan fingerprint density at radius 2 is 1.79 bits per heavy atom. The van der Waals surface area contributed by atoms with Gasteiger partial charge in [0.15, 0.2) is 0 Å². The Kier molecular flexibility index (Phi) is 11.4. The van der Waals surface area contributed by atoms with Crippen molar-refractivity contribution in [3.05, 3.63) is 24.4 Å². The maximum atomic E-state index is 4.11. The van der Waals surface area contributed by atoms with Crippen molar-refractivity contribution >= 4 is 0 Å². The quantitative estimate of drug-likeness (QED) is 0.334. The van der Waals surface area contributed by atoms with Gasteiger partial charge < -0.3 is 10.2 Å². The molecular weight excluding hydrogens is 292 g/mol. The predicted octanol–water partition coefficient (Wildman–Crippen LogP) is 5.86. The smallest absolute Gasteiger partial charge is 0.0174 e. The molecule has 0 aliphatic heterocycles. The van der Waals surface area contributed by atoms with Crippen LogP contribution in [0, 0.1) is 17.3 Å². The fourth-order valence-corrected chi connectivity index (χ4v) is 2.54. The highest BCUT2D eigenvalue weighted by atomic mass is 15.1. The summed E-state index contributed by atoms with van der Waals surface area (Å²) >= 11 is 0. The van der Waals surface area contributed by atoms with Crippen LogP contribution in [-0.2, 0) is 0 Å². The van der Waals surface area contributed by atoms with Crippen LogP contribution < -0.4 is 5.32 Å². The van der Waals surface area contributed by atoms with Crippen LogP contribution in [0.3, 0.4) is 0 Å². The predicted molar refractivity (Wildman–Crippen MR) is 110 cm³/mol. The largest absolute Gasteiger partial charge is 0.388 e. The van der Waals surface area contributed by atoms with Crippen molar-refractivity contribution < 1.29 is 0 Å². The zero-order valence-corrected chi connectivity index (χ0v) is 17.8. The average molecular weight is 337 g/mol. The Bertz CT molecular complexity index is 368. The standard InChI is InChI=1S/C22H44N2/c1-10-20(5)24(9)16-14-12-11-13-15-22(7,8)19(4)17-23-21(6)18(2)3/h12,14,18-20,23H,6,10-11,13,15-17H2,1-5,7-9H3/b14-12+. The van der Waals surface area contributed by atoms with Gasteiger partial charge in [0.1, 0.15) is 0 Å². The van der Waals surface area contributed by atoms with Gasteiger partial charge >= 0.3 is 0 Å². The molecule has 0 spiro atoms. The van der Waals surface area contributed by atoms with Crippen LogP contribution in [0.2, 0.25) is 0 Å². The molecule has 2 heteroatoms. The number of rotatable bonds is 13. The van der Waals surface area contributed by atoms with Gasteiger partial charge in [0.2, 0.25) is 0 Å². The molecule has 0 fully saturated rings. The molecule has 2 unspecified atom stereocenters. The number of likely N-dealkylation sites (N-methyl/N-ethyl adjacent to an activating group) is 1. The second-order valence-corrected chi connectivity index (χ2v) is 8.51. The van der Waals surface area contributed by atoms with E-state index in [-0.39, 0.29) is 0 Å². The van der Waals surface area contributed by atoms with Gasteiger partial charge in [-0.1, -0.05) is 60.3 Å². The molecular formula is C22H44N2. The molecule has 0 heterocycles. The molecule has 0 radical (unpaired) electrons. The van der Waals surface area contributed by atoms with Crippen LogP contribution in [0.25, 0.3) is 0 Å². The molecule has 0 saturated heterocycles. The first-order valence-electron chi connectivity index (χ1n) is 9.89. The number of nitrogens with zero attached hydrogens (tertiary/aromatic N) is 1. The van der Waals surface area contributed by atoms with Crippen LogP contribution in [0.1, 0.15) is 74.1 Å². The lowest BCUT2D eigenvalue weighted by Gasteiger charge is -2.33. The SMILES string of the molecule is C=C(NCC(C)C(C)(C)CCC/C=C/CN(C)C(C)CC)C(C)C. The average Bonchev–Trinajstić information content (AvgIpc) is 2.53. The highest BCUT2D eigenvalue weighted by Gasteiger charge is 2.25. The topological polar surface area (TPSA) is 15.3 Å². The summed E-state index contributed by atoms with van der Waals surface area (Å²) in [6, 6.07) is 0.669. The zero-order chi connectivity index (χ0) is 18.8. The molecule has 0 aromatic rings. The molecule has 0 aromatic heterocycles. The van der Waals surface area contributed by atoms with Gasteiger partial charge in [0, 0.05) is 24.8 Å². The molecule has 0 aromatic carbocycles. The minimum Gasteiger partial charge on any atom is -0.388 e. The van der Waals surface area contributed by atoms with Crippen molar-refractivity contribution in [1.82, 2.24) is 10.2 Å². The van der Waals surface area contributed by atoms with E-state index < -0.39 is 0 Å². The third-order valence-electron chi connectivity index (χ3n) is 5.76. The number of allylic oxidation sites excluding steroid dienone is 2. The van der Waals surface area contributed by atoms with Gasteiger partial charge in [-0.2, -0.15) is 0 Å². The number of nitrogens with one attached hydrogen (secondary N) is 1. The molecule has 0 rings (SSSR count). The van der Waals surface area contributed by atoms with Gasteiger partial charge in [-0.25, -0.2) is 0 Å². The van der Waals surface area contributed by atoms with Crippen molar-refractivity contribution in [2.24, 2.45) is 17.3 Å². The Balaban J connectivity index is 4.04. The van der Waals surface area contributed by atoms with E-state index in [4.69, 9.17) is 0 Å². The van der Waals surface area contributed by atoms with Gasteiger partial charge in [-0.3, -0.25) is 0 Å². The van der Waals surface area contributed by atoms with Gasteiger partial charge in [0.05, 0.1) is 0 Å². The van der Waals surface area contributed by atoms with Crippen LogP contribution in [0.5, 0.6) is 0 Å². The number of hydrogen-bond donors (Lipinski definition) is 1. The van der Waals surface area contributed by atoms with Crippen molar-refractivity contribution in [2.75, 3.05) is 20.1 Å². The van der Waals surface area contributed by atoms with E-state index in [9.17, 15) is 0 Å². The summed E-state index contributed by atoms with van der Waals surface area (Å²) in [5, 5.41) is 3.51. The van der Waals surface area contributed by atoms with E-state index in [0.29, 0.717) is 23.3 Å². The van der Waals surface area contributed by atoms with Crippen LogP contribution >= 0.6 is 0 Å². The Labute approximate surface area is 152 Å². The van der Waals surface area contributed by atoms with Crippen molar-refractivity contribution in [2.45, 2.75) is 80.2 Å². The Morgan fingerprint density at radius 3 is 2.33 bits per heavy atom. The maximum absolute atomic E-state index is 4.11. The summed E-state index contributed by atoms with van der Waals surface area (Å²) in [5.41, 5.74) is 1.53. The van der Waals surface area contributed by atoms with E-state index in [1.807, 2.05) is 0 Å². The molecule has 0 saturated carbocycles. The van der Waals surface area contributed by atoms with E-state index in [1.54, 1.807) is 0 Å². The molecule has 0 aliphatic carbocycles. The summed E-state index contributed by atoms with van der Waals surface area (Å²) < 4.78 is 0. The molecule has 24 heavy (non-hydrogen) atoms. The Hall–Kier alpha value is -0.760. The first-order valence-corrected chi connectivity index (χ1v) is 9.89. The lowest BCUT2D eigenvalue weighted by atomic mass is 9.76. The first-order chi connectivity index (χ1) is 11.1. The second kappa shape index (κ2) is 11.7. The summed E-state index contributed by atoms with van der Waals surface area (Å²) in [6.45, 7) is 22.3. The van der Waals surface area contributed by atoms with Crippen LogP contribution in [0.4, 0.5) is 0 Å². The first kappa shape index (κ1) is 23.2. The molecule has 142 valence electrons. The molecule has 0 bridgehead atoms. The summed E-state index contributed by atoms with van der Waals surface area (Å²) in [7, 11) is 2.21. The molecule has 2 nitrogen and oxygen atoms in total. The number of unbranched alkanes of at least 4 members (excludes halogenated alkanes) is 1. The molecule has 0 aliphatic rings. The molecule has 1 N–H and O–H groups in total. The van der Waals surface area contributed by atoms with E-state index in [2.05, 4.69) is 84.5 Å². The molecule has 0 amide bonds. The van der Waals surface area contributed by atoms with Crippen molar-refractivity contribution in [3.63, 3.8) is 0 Å². The van der Waals surface area contributed by atoms with Crippen LogP contribution in [-0.4, -0.2) is 31.1 Å². The third kappa shape index (κ3) is 9.52. The second-order valence-electron chi connectivity index (χ2n) is 8.51. The van der Waals surface area contributed by atoms with E-state index in [1.165, 1.54) is 25.7 Å². The summed E-state index contributed by atoms with van der Waals surface area (Å²) in [5.74, 6) is 1.16. The fraction of sp³-hybridized carbons (Fsp3) is 0.818.